The van der Waals surface area contributed by atoms with E-state index in [1.165, 1.54) is 13.3 Å². The Kier molecular flexibility index (Phi) is 8.21. The highest BCUT2D eigenvalue weighted by atomic mass is 35.5. The lowest BCUT2D eigenvalue weighted by Gasteiger charge is -2.26. The van der Waals surface area contributed by atoms with Crippen LogP contribution >= 0.6 is 34.8 Å². The summed E-state index contributed by atoms with van der Waals surface area (Å²) in [6, 6.07) is 12.1. The van der Waals surface area contributed by atoms with E-state index in [9.17, 15) is 9.90 Å². The minimum atomic E-state index is -1.17. The third-order valence-corrected chi connectivity index (χ3v) is 6.98. The Hall–Kier alpha value is -3.26. The minimum absolute atomic E-state index is 0.102. The van der Waals surface area contributed by atoms with Gasteiger partial charge in [-0.2, -0.15) is 5.10 Å². The number of hydrogen-bond acceptors (Lipinski definition) is 5. The molecule has 0 amide bonds. The Balaban J connectivity index is 2.08. The lowest BCUT2D eigenvalue weighted by atomic mass is 9.89. The maximum atomic E-state index is 12.7. The average molecular weight is 574 g/mol. The van der Waals surface area contributed by atoms with E-state index >= 15 is 0 Å². The molecular formula is C28H27Cl3N4O3. The van der Waals surface area contributed by atoms with Gasteiger partial charge in [0.2, 0.25) is 0 Å². The number of halogens is 3. The van der Waals surface area contributed by atoms with Crippen LogP contribution in [-0.4, -0.2) is 33.0 Å². The molecule has 10 heteroatoms. The van der Waals surface area contributed by atoms with Crippen molar-refractivity contribution < 1.29 is 14.6 Å². The van der Waals surface area contributed by atoms with E-state index in [0.717, 1.165) is 22.4 Å². The first-order valence-corrected chi connectivity index (χ1v) is 13.0. The molecule has 0 bridgehead atoms. The van der Waals surface area contributed by atoms with Crippen LogP contribution in [0.1, 0.15) is 64.2 Å². The van der Waals surface area contributed by atoms with Crippen LogP contribution in [-0.2, 0) is 0 Å². The summed E-state index contributed by atoms with van der Waals surface area (Å²) in [7, 11) is 1.51. The first-order chi connectivity index (χ1) is 18.0. The van der Waals surface area contributed by atoms with Crippen LogP contribution in [0.15, 0.2) is 48.7 Å². The van der Waals surface area contributed by atoms with Gasteiger partial charge in [-0.15, -0.1) is 0 Å². The summed E-state index contributed by atoms with van der Waals surface area (Å²) in [5.74, 6) is -0.902. The summed E-state index contributed by atoms with van der Waals surface area (Å²) in [5.41, 5.74) is 5.01. The number of aromatic nitrogens is 3. The highest BCUT2D eigenvalue weighted by Crippen LogP contribution is 2.40. The van der Waals surface area contributed by atoms with E-state index in [4.69, 9.17) is 39.5 Å². The van der Waals surface area contributed by atoms with Crippen molar-refractivity contribution in [3.8, 4) is 11.4 Å². The van der Waals surface area contributed by atoms with Gasteiger partial charge in [0.05, 0.1) is 25.0 Å². The average Bonchev–Trinajstić information content (AvgIpc) is 3.26. The monoisotopic (exact) mass is 572 g/mol. The number of ether oxygens (including phenoxy) is 1. The number of carboxylic acid groups (broad SMARTS) is 1. The second-order valence-corrected chi connectivity index (χ2v) is 10.5. The lowest BCUT2D eigenvalue weighted by Crippen LogP contribution is -2.19. The molecule has 1 unspecified atom stereocenters. The second kappa shape index (κ2) is 11.2. The Morgan fingerprint density at radius 3 is 2.34 bits per heavy atom. The molecule has 2 N–H and O–H groups in total. The highest BCUT2D eigenvalue weighted by Gasteiger charge is 2.33. The third kappa shape index (κ3) is 5.46. The number of nitrogens with zero attached hydrogens (tertiary/aromatic N) is 3. The van der Waals surface area contributed by atoms with Gasteiger partial charge < -0.3 is 15.2 Å². The number of benzene rings is 2. The van der Waals surface area contributed by atoms with Crippen molar-refractivity contribution >= 4 is 46.5 Å². The molecule has 2 aromatic carbocycles. The number of carbonyl (C=O) groups is 1. The van der Waals surface area contributed by atoms with Crippen LogP contribution in [0.2, 0.25) is 15.2 Å². The molecule has 0 radical (unpaired) electrons. The molecule has 38 heavy (non-hydrogen) atoms. The van der Waals surface area contributed by atoms with Gasteiger partial charge in [-0.1, -0.05) is 60.8 Å². The SMILES string of the molecule is COc1cnc(Cl)cc1-n1nc(C(=O)O)c(C(Nc2cc(Cl)ccc2C)c2ccc(Cl)cc2C)c1C(C)C. The number of aromatic carboxylic acids is 1. The molecule has 2 heterocycles. The summed E-state index contributed by atoms with van der Waals surface area (Å²) in [4.78, 5) is 16.8. The van der Waals surface area contributed by atoms with E-state index in [0.29, 0.717) is 32.7 Å². The van der Waals surface area contributed by atoms with Crippen LogP contribution in [0, 0.1) is 13.8 Å². The van der Waals surface area contributed by atoms with Crippen molar-refractivity contribution in [2.24, 2.45) is 0 Å². The van der Waals surface area contributed by atoms with Gasteiger partial charge in [-0.05, 0) is 60.7 Å². The largest absolute Gasteiger partial charge is 0.493 e. The Morgan fingerprint density at radius 1 is 1.03 bits per heavy atom. The number of nitrogens with one attached hydrogen (secondary N) is 1. The molecule has 0 fully saturated rings. The smallest absolute Gasteiger partial charge is 0.356 e. The van der Waals surface area contributed by atoms with Crippen molar-refractivity contribution in [3.05, 3.63) is 97.5 Å². The van der Waals surface area contributed by atoms with Gasteiger partial charge in [-0.25, -0.2) is 14.5 Å². The van der Waals surface area contributed by atoms with Crippen LogP contribution in [0.25, 0.3) is 5.69 Å². The molecule has 0 aliphatic carbocycles. The van der Waals surface area contributed by atoms with E-state index in [2.05, 4.69) is 15.4 Å². The molecule has 198 valence electrons. The van der Waals surface area contributed by atoms with Gasteiger partial charge >= 0.3 is 5.97 Å². The summed E-state index contributed by atoms with van der Waals surface area (Å²) in [6.07, 6.45) is 1.48. The van der Waals surface area contributed by atoms with Crippen molar-refractivity contribution in [1.29, 1.82) is 0 Å². The molecule has 2 aromatic heterocycles. The van der Waals surface area contributed by atoms with Crippen LogP contribution < -0.4 is 10.1 Å². The van der Waals surface area contributed by atoms with Gasteiger partial charge in [0.15, 0.2) is 11.4 Å². The van der Waals surface area contributed by atoms with Gasteiger partial charge in [0.1, 0.15) is 10.8 Å². The molecule has 4 rings (SSSR count). The standard InChI is InChI=1S/C28H27Cl3N4O3/c1-14(2)27-24(26(28(36)37)34-35(27)21-12-23(31)32-13-22(21)38-5)25(19-9-8-17(29)10-16(19)4)33-20-11-18(30)7-6-15(20)3/h6-14,25,33H,1-5H3,(H,36,37). The molecule has 0 saturated heterocycles. The number of methoxy groups -OCH3 is 1. The van der Waals surface area contributed by atoms with E-state index in [-0.39, 0.29) is 16.8 Å². The first kappa shape index (κ1) is 27.8. The van der Waals surface area contributed by atoms with Gasteiger partial charge in [0.25, 0.3) is 0 Å². The normalized spacial score (nSPS) is 12.0. The second-order valence-electron chi connectivity index (χ2n) is 9.24. The van der Waals surface area contributed by atoms with E-state index < -0.39 is 12.0 Å². The highest BCUT2D eigenvalue weighted by molar-refractivity contribution is 6.31. The van der Waals surface area contributed by atoms with Crippen LogP contribution in [0.4, 0.5) is 5.69 Å². The van der Waals surface area contributed by atoms with Crippen molar-refractivity contribution in [3.63, 3.8) is 0 Å². The lowest BCUT2D eigenvalue weighted by molar-refractivity contribution is 0.0688. The zero-order valence-corrected chi connectivity index (χ0v) is 23.8. The zero-order valence-electron chi connectivity index (χ0n) is 21.5. The Morgan fingerprint density at radius 2 is 1.71 bits per heavy atom. The first-order valence-electron chi connectivity index (χ1n) is 11.9. The Labute approximate surface area is 236 Å². The molecule has 7 nitrogen and oxygen atoms in total. The number of carboxylic acids is 1. The minimum Gasteiger partial charge on any atom is -0.493 e. The van der Waals surface area contributed by atoms with Crippen LogP contribution in [0.3, 0.4) is 0 Å². The van der Waals surface area contributed by atoms with E-state index in [1.807, 2.05) is 58.0 Å². The zero-order chi connectivity index (χ0) is 27.7. The van der Waals surface area contributed by atoms with Gasteiger partial charge in [-0.3, -0.25) is 0 Å². The van der Waals surface area contributed by atoms with Crippen LogP contribution in [0.5, 0.6) is 5.75 Å². The number of pyridine rings is 1. The fourth-order valence-corrected chi connectivity index (χ4v) is 5.08. The maximum Gasteiger partial charge on any atom is 0.356 e. The third-order valence-electron chi connectivity index (χ3n) is 6.30. The summed E-state index contributed by atoms with van der Waals surface area (Å²) < 4.78 is 7.11. The van der Waals surface area contributed by atoms with Crippen molar-refractivity contribution in [2.45, 2.75) is 39.7 Å². The quantitative estimate of drug-likeness (QED) is 0.208. The number of rotatable bonds is 8. The topological polar surface area (TPSA) is 89.3 Å². The summed E-state index contributed by atoms with van der Waals surface area (Å²) in [6.45, 7) is 7.86. The molecule has 4 aromatic rings. The van der Waals surface area contributed by atoms with E-state index in [1.54, 1.807) is 16.8 Å². The maximum absolute atomic E-state index is 12.7. The molecule has 0 saturated carbocycles. The summed E-state index contributed by atoms with van der Waals surface area (Å²) in [5, 5.41) is 19.9. The fraction of sp³-hybridized carbons (Fsp3) is 0.250. The molecule has 0 aliphatic heterocycles. The summed E-state index contributed by atoms with van der Waals surface area (Å²) >= 11 is 18.9. The molecule has 0 aliphatic rings. The predicted octanol–water partition coefficient (Wildman–Crippen LogP) is 7.88. The predicted molar refractivity (Wildman–Crippen MR) is 152 cm³/mol. The molecular weight excluding hydrogens is 547 g/mol. The molecule has 1 atom stereocenters. The number of aryl methyl sites for hydroxylation is 2. The number of anilines is 1. The Bertz CT molecular complexity index is 1520. The van der Waals surface area contributed by atoms with Crippen molar-refractivity contribution in [1.82, 2.24) is 14.8 Å². The number of hydrogen-bond donors (Lipinski definition) is 2. The fourth-order valence-electron chi connectivity index (χ4n) is 4.53. The van der Waals surface area contributed by atoms with Crippen molar-refractivity contribution in [2.75, 3.05) is 12.4 Å². The van der Waals surface area contributed by atoms with Gasteiger partial charge in [0, 0.05) is 27.4 Å². The molecule has 0 spiro atoms.